The fourth-order valence-electron chi connectivity index (χ4n) is 1.69. The predicted octanol–water partition coefficient (Wildman–Crippen LogP) is 4.18. The molecular formula is C13H8ClFN2OS. The molecule has 0 fully saturated rings. The van der Waals surface area contributed by atoms with Crippen LogP contribution in [-0.2, 0) is 6.42 Å². The van der Waals surface area contributed by atoms with E-state index in [2.05, 4.69) is 10.1 Å². The molecule has 0 saturated carbocycles. The number of thiophene rings is 1. The summed E-state index contributed by atoms with van der Waals surface area (Å²) in [6.07, 6.45) is 0.209. The van der Waals surface area contributed by atoms with Crippen LogP contribution >= 0.6 is 22.9 Å². The first-order chi connectivity index (χ1) is 9.24. The van der Waals surface area contributed by atoms with Gasteiger partial charge in [0.1, 0.15) is 5.82 Å². The molecule has 0 N–H and O–H groups in total. The summed E-state index contributed by atoms with van der Waals surface area (Å²) in [5.41, 5.74) is 0.377. The van der Waals surface area contributed by atoms with Gasteiger partial charge in [-0.1, -0.05) is 28.9 Å². The zero-order valence-electron chi connectivity index (χ0n) is 9.64. The van der Waals surface area contributed by atoms with E-state index in [0.717, 1.165) is 4.88 Å². The number of aromatic nitrogens is 2. The summed E-state index contributed by atoms with van der Waals surface area (Å²) in [6.45, 7) is 0. The topological polar surface area (TPSA) is 38.9 Å². The lowest BCUT2D eigenvalue weighted by atomic mass is 10.1. The van der Waals surface area contributed by atoms with Crippen molar-refractivity contribution in [3.8, 4) is 10.8 Å². The molecule has 0 aliphatic heterocycles. The van der Waals surface area contributed by atoms with Crippen LogP contribution in [0.3, 0.4) is 0 Å². The molecule has 3 nitrogen and oxygen atoms in total. The quantitative estimate of drug-likeness (QED) is 0.727. The van der Waals surface area contributed by atoms with Gasteiger partial charge in [0, 0.05) is 17.0 Å². The van der Waals surface area contributed by atoms with Crippen LogP contribution in [0.25, 0.3) is 10.8 Å². The van der Waals surface area contributed by atoms with Gasteiger partial charge in [-0.2, -0.15) is 4.98 Å². The van der Waals surface area contributed by atoms with Crippen LogP contribution in [0.2, 0.25) is 5.02 Å². The van der Waals surface area contributed by atoms with Crippen molar-refractivity contribution in [1.29, 1.82) is 0 Å². The Morgan fingerprint density at radius 3 is 2.89 bits per heavy atom. The van der Waals surface area contributed by atoms with E-state index < -0.39 is 0 Å². The molecule has 0 atom stereocenters. The van der Waals surface area contributed by atoms with E-state index in [-0.39, 0.29) is 12.2 Å². The Kier molecular flexibility index (Phi) is 3.31. The normalized spacial score (nSPS) is 10.8. The van der Waals surface area contributed by atoms with Gasteiger partial charge in [0.15, 0.2) is 5.82 Å². The maximum absolute atomic E-state index is 13.6. The predicted molar refractivity (Wildman–Crippen MR) is 71.8 cm³/mol. The second-order valence-corrected chi connectivity index (χ2v) is 5.22. The van der Waals surface area contributed by atoms with Crippen LogP contribution in [0.1, 0.15) is 11.4 Å². The zero-order valence-corrected chi connectivity index (χ0v) is 11.2. The molecule has 0 spiro atoms. The van der Waals surface area contributed by atoms with Crippen molar-refractivity contribution in [2.45, 2.75) is 6.42 Å². The van der Waals surface area contributed by atoms with Gasteiger partial charge in [-0.05, 0) is 23.6 Å². The van der Waals surface area contributed by atoms with E-state index in [1.54, 1.807) is 12.1 Å². The minimum Gasteiger partial charge on any atom is -0.333 e. The molecule has 3 rings (SSSR count). The first-order valence-electron chi connectivity index (χ1n) is 5.53. The van der Waals surface area contributed by atoms with Gasteiger partial charge >= 0.3 is 0 Å². The van der Waals surface area contributed by atoms with E-state index in [9.17, 15) is 4.39 Å². The lowest BCUT2D eigenvalue weighted by molar-refractivity contribution is 0.424. The van der Waals surface area contributed by atoms with Crippen molar-refractivity contribution in [3.63, 3.8) is 0 Å². The minimum absolute atomic E-state index is 0.209. The molecule has 0 radical (unpaired) electrons. The smallest absolute Gasteiger partial charge is 0.267 e. The molecule has 6 heteroatoms. The molecule has 2 heterocycles. The van der Waals surface area contributed by atoms with Gasteiger partial charge in [0.05, 0.1) is 4.88 Å². The van der Waals surface area contributed by atoms with Crippen molar-refractivity contribution >= 4 is 22.9 Å². The number of hydrogen-bond donors (Lipinski definition) is 0. The van der Waals surface area contributed by atoms with Crippen molar-refractivity contribution in [2.75, 3.05) is 0 Å². The van der Waals surface area contributed by atoms with Crippen LogP contribution < -0.4 is 0 Å². The molecule has 96 valence electrons. The van der Waals surface area contributed by atoms with Crippen LogP contribution in [0.5, 0.6) is 0 Å². The molecule has 19 heavy (non-hydrogen) atoms. The average molecular weight is 295 g/mol. The fourth-order valence-corrected chi connectivity index (χ4v) is 2.56. The first-order valence-corrected chi connectivity index (χ1v) is 6.79. The molecule has 0 saturated heterocycles. The Hall–Kier alpha value is -1.72. The van der Waals surface area contributed by atoms with Crippen molar-refractivity contribution in [1.82, 2.24) is 10.1 Å². The summed E-state index contributed by atoms with van der Waals surface area (Å²) in [4.78, 5) is 5.12. The van der Waals surface area contributed by atoms with Crippen molar-refractivity contribution in [3.05, 3.63) is 57.9 Å². The van der Waals surface area contributed by atoms with E-state index in [4.69, 9.17) is 16.1 Å². The van der Waals surface area contributed by atoms with Crippen LogP contribution in [0.15, 0.2) is 40.2 Å². The standard InChI is InChI=1S/C13H8ClFN2OS/c14-9-3-1-4-10(15)8(9)7-12-16-13(18-17-12)11-5-2-6-19-11/h1-6H,7H2. The van der Waals surface area contributed by atoms with Crippen LogP contribution in [-0.4, -0.2) is 10.1 Å². The number of nitrogens with zero attached hydrogens (tertiary/aromatic N) is 2. The summed E-state index contributed by atoms with van der Waals surface area (Å²) < 4.78 is 18.8. The molecule has 0 aliphatic rings. The average Bonchev–Trinajstić information content (AvgIpc) is 3.04. The monoisotopic (exact) mass is 294 g/mol. The van der Waals surface area contributed by atoms with Gasteiger partial charge in [0.25, 0.3) is 5.89 Å². The SMILES string of the molecule is Fc1cccc(Cl)c1Cc1noc(-c2cccs2)n1. The van der Waals surface area contributed by atoms with E-state index in [1.165, 1.54) is 17.4 Å². The lowest BCUT2D eigenvalue weighted by Gasteiger charge is -2.01. The summed E-state index contributed by atoms with van der Waals surface area (Å²) in [7, 11) is 0. The van der Waals surface area contributed by atoms with E-state index in [1.807, 2.05) is 17.5 Å². The van der Waals surface area contributed by atoms with Gasteiger partial charge in [0.2, 0.25) is 0 Å². The number of rotatable bonds is 3. The van der Waals surface area contributed by atoms with Crippen molar-refractivity contribution in [2.24, 2.45) is 0 Å². The zero-order chi connectivity index (χ0) is 13.2. The van der Waals surface area contributed by atoms with E-state index in [0.29, 0.717) is 22.3 Å². The molecule has 3 aromatic rings. The highest BCUT2D eigenvalue weighted by Crippen LogP contribution is 2.25. The molecule has 1 aromatic carbocycles. The van der Waals surface area contributed by atoms with Crippen molar-refractivity contribution < 1.29 is 8.91 Å². The Balaban J connectivity index is 1.88. The third-order valence-corrected chi connectivity index (χ3v) is 3.81. The highest BCUT2D eigenvalue weighted by Gasteiger charge is 2.14. The highest BCUT2D eigenvalue weighted by atomic mass is 35.5. The molecule has 0 bridgehead atoms. The molecular weight excluding hydrogens is 287 g/mol. The molecule has 2 aromatic heterocycles. The molecule has 0 aliphatic carbocycles. The maximum atomic E-state index is 13.6. The maximum Gasteiger partial charge on any atom is 0.267 e. The third kappa shape index (κ3) is 2.52. The number of benzene rings is 1. The Bertz CT molecular complexity index is 676. The van der Waals surface area contributed by atoms with Crippen LogP contribution in [0.4, 0.5) is 4.39 Å². The second kappa shape index (κ2) is 5.11. The number of halogens is 2. The fraction of sp³-hybridized carbons (Fsp3) is 0.0769. The van der Waals surface area contributed by atoms with E-state index >= 15 is 0 Å². The first kappa shape index (κ1) is 12.3. The Labute approximate surface area is 117 Å². The lowest BCUT2D eigenvalue weighted by Crippen LogP contribution is -1.95. The summed E-state index contributed by atoms with van der Waals surface area (Å²) in [6, 6.07) is 8.35. The summed E-state index contributed by atoms with van der Waals surface area (Å²) in [5.74, 6) is 0.489. The summed E-state index contributed by atoms with van der Waals surface area (Å²) >= 11 is 7.47. The van der Waals surface area contributed by atoms with Gasteiger partial charge in [-0.3, -0.25) is 0 Å². The van der Waals surface area contributed by atoms with Gasteiger partial charge < -0.3 is 4.52 Å². The second-order valence-electron chi connectivity index (χ2n) is 3.87. The van der Waals surface area contributed by atoms with Gasteiger partial charge in [-0.15, -0.1) is 11.3 Å². The molecule has 0 amide bonds. The summed E-state index contributed by atoms with van der Waals surface area (Å²) in [5, 5.41) is 6.13. The third-order valence-electron chi connectivity index (χ3n) is 2.60. The minimum atomic E-state index is -0.366. The van der Waals surface area contributed by atoms with Gasteiger partial charge in [-0.25, -0.2) is 4.39 Å². The largest absolute Gasteiger partial charge is 0.333 e. The Morgan fingerprint density at radius 1 is 1.26 bits per heavy atom. The molecule has 0 unspecified atom stereocenters. The number of hydrogen-bond acceptors (Lipinski definition) is 4. The Morgan fingerprint density at radius 2 is 2.16 bits per heavy atom. The van der Waals surface area contributed by atoms with Crippen LogP contribution in [0, 0.1) is 5.82 Å². The highest BCUT2D eigenvalue weighted by molar-refractivity contribution is 7.13.